The van der Waals surface area contributed by atoms with E-state index in [1.165, 1.54) is 4.57 Å². The molecule has 0 aliphatic carbocycles. The lowest BCUT2D eigenvalue weighted by molar-refractivity contribution is -0.0512. The lowest BCUT2D eigenvalue weighted by Crippen LogP contribution is -2.36. The summed E-state index contributed by atoms with van der Waals surface area (Å²) >= 11 is 0. The van der Waals surface area contributed by atoms with Crippen molar-refractivity contribution in [1.29, 1.82) is 0 Å². The maximum Gasteiger partial charge on any atom is 0.472 e. The van der Waals surface area contributed by atoms with E-state index >= 15 is 0 Å². The molecule has 15 nitrogen and oxygen atoms in total. The van der Waals surface area contributed by atoms with Crippen LogP contribution in [0.4, 0.5) is 5.82 Å². The number of ether oxygens (including phenoxy) is 1. The van der Waals surface area contributed by atoms with Gasteiger partial charge in [0, 0.05) is 14.2 Å². The molecule has 1 radical (unpaired) electrons. The topological polar surface area (TPSA) is 211 Å². The van der Waals surface area contributed by atoms with Gasteiger partial charge in [-0.1, -0.05) is 0 Å². The molecule has 1 fully saturated rings. The first-order valence-electron chi connectivity index (χ1n) is 7.88. The molecule has 0 spiro atoms. The Bertz CT molecular complexity index is 972. The van der Waals surface area contributed by atoms with Gasteiger partial charge in [-0.25, -0.2) is 24.1 Å². The predicted molar refractivity (Wildman–Crippen MR) is 93.0 cm³/mol. The molecule has 1 aliphatic heterocycles. The van der Waals surface area contributed by atoms with E-state index in [2.05, 4.69) is 30.3 Å². The third-order valence-corrected chi connectivity index (χ3v) is 5.92. The highest BCUT2D eigenvalue weighted by molar-refractivity contribution is 7.47. The van der Waals surface area contributed by atoms with Gasteiger partial charge < -0.3 is 25.4 Å². The van der Waals surface area contributed by atoms with Crippen molar-refractivity contribution in [3.63, 3.8) is 0 Å². The molecular formula is C12H18N5O10P2. The van der Waals surface area contributed by atoms with Gasteiger partial charge in [0.1, 0.15) is 24.6 Å². The normalized spacial score (nSPS) is 29.0. The van der Waals surface area contributed by atoms with Crippen LogP contribution in [-0.2, 0) is 32.0 Å². The Kier molecular flexibility index (Phi) is 6.36. The Balaban J connectivity index is 1.92. The van der Waals surface area contributed by atoms with E-state index in [1.54, 1.807) is 0 Å². The minimum Gasteiger partial charge on any atom is -0.386 e. The predicted octanol–water partition coefficient (Wildman–Crippen LogP) is -0.638. The summed E-state index contributed by atoms with van der Waals surface area (Å²) in [4.78, 5) is 30.8. The number of aromatic nitrogens is 4. The van der Waals surface area contributed by atoms with Crippen LogP contribution in [0, 0.1) is 6.33 Å². The van der Waals surface area contributed by atoms with Crippen LogP contribution in [0.5, 0.6) is 0 Å². The fraction of sp³-hybridized carbons (Fsp3) is 0.583. The number of phosphoric ester groups is 2. The summed E-state index contributed by atoms with van der Waals surface area (Å²) in [6.07, 6.45) is -1.94. The van der Waals surface area contributed by atoms with Gasteiger partial charge in [-0.05, 0) is 0 Å². The number of hydrogen-bond acceptors (Lipinski definition) is 12. The van der Waals surface area contributed by atoms with Gasteiger partial charge in [0.25, 0.3) is 0 Å². The van der Waals surface area contributed by atoms with E-state index < -0.39 is 46.8 Å². The summed E-state index contributed by atoms with van der Waals surface area (Å²) in [7, 11) is -7.09. The van der Waals surface area contributed by atoms with Crippen LogP contribution >= 0.6 is 15.6 Å². The number of phosphoric acid groups is 2. The first-order chi connectivity index (χ1) is 13.6. The summed E-state index contributed by atoms with van der Waals surface area (Å²) in [5, 5.41) is 10.7. The van der Waals surface area contributed by atoms with Gasteiger partial charge in [-0.3, -0.25) is 22.7 Å². The van der Waals surface area contributed by atoms with Crippen molar-refractivity contribution in [3.8, 4) is 0 Å². The highest BCUT2D eigenvalue weighted by Crippen LogP contribution is 2.49. The molecule has 0 bridgehead atoms. The Morgan fingerprint density at radius 1 is 1.28 bits per heavy atom. The maximum absolute atomic E-state index is 11.8. The van der Waals surface area contributed by atoms with Crippen molar-refractivity contribution in [2.75, 3.05) is 26.6 Å². The summed E-state index contributed by atoms with van der Waals surface area (Å²) in [6, 6.07) is 0. The summed E-state index contributed by atoms with van der Waals surface area (Å²) in [6.45, 7) is -0.632. The first kappa shape index (κ1) is 22.2. The van der Waals surface area contributed by atoms with Crippen LogP contribution in [0.15, 0.2) is 6.33 Å². The van der Waals surface area contributed by atoms with Crippen molar-refractivity contribution in [2.45, 2.75) is 24.5 Å². The highest BCUT2D eigenvalue weighted by Gasteiger charge is 2.50. The Hall–Kier alpha value is -1.51. The second-order valence-electron chi connectivity index (χ2n) is 5.74. The third-order valence-electron chi connectivity index (χ3n) is 4.01. The van der Waals surface area contributed by atoms with Crippen molar-refractivity contribution in [1.82, 2.24) is 19.5 Å². The minimum absolute atomic E-state index is 0.0609. The number of rotatable bonds is 8. The number of nitrogen functional groups attached to an aromatic ring is 1. The molecule has 29 heavy (non-hydrogen) atoms. The largest absolute Gasteiger partial charge is 0.472 e. The molecule has 3 rings (SSSR count). The Morgan fingerprint density at radius 3 is 2.62 bits per heavy atom. The molecule has 0 saturated carbocycles. The van der Waals surface area contributed by atoms with Crippen LogP contribution in [0.25, 0.3) is 11.2 Å². The van der Waals surface area contributed by atoms with E-state index in [-0.39, 0.29) is 17.0 Å². The standard InChI is InChI=1S/C12H18N5O10P2/c1-23-28(19,20)25-3-6-9(27-29(21,22)24-2)8(18)12(26-6)17-5-16-7-10(13)14-4-15-11(7)17/h4,6,8-9,12,18H,3H2,1-2H3,(H,19,20)(H,21,22)(H2,13,14,15)/t6-,8-,9-,12-/m1/s1. The van der Waals surface area contributed by atoms with Gasteiger partial charge in [0.15, 0.2) is 29.5 Å². The SMILES string of the molecule is COP(=O)(O)OC[C@H]1O[C@@H](n2[c]nc3c(N)ncnc32)[C@H](O)[C@@H]1OP(=O)(O)OC. The zero-order valence-corrected chi connectivity index (χ0v) is 16.8. The van der Waals surface area contributed by atoms with E-state index in [0.29, 0.717) is 0 Å². The zero-order chi connectivity index (χ0) is 21.4. The fourth-order valence-electron chi connectivity index (χ4n) is 2.61. The number of anilines is 1. The van der Waals surface area contributed by atoms with Crippen LogP contribution in [0.3, 0.4) is 0 Å². The van der Waals surface area contributed by atoms with E-state index in [0.717, 1.165) is 20.5 Å². The molecule has 2 unspecified atom stereocenters. The zero-order valence-electron chi connectivity index (χ0n) is 15.1. The third kappa shape index (κ3) is 4.64. The van der Waals surface area contributed by atoms with Gasteiger partial charge in [0.05, 0.1) is 6.61 Å². The monoisotopic (exact) mass is 454 g/mol. The molecule has 0 aromatic carbocycles. The van der Waals surface area contributed by atoms with Crippen molar-refractivity contribution in [3.05, 3.63) is 12.7 Å². The minimum atomic E-state index is -4.57. The molecule has 2 aromatic rings. The smallest absolute Gasteiger partial charge is 0.386 e. The molecule has 17 heteroatoms. The molecular weight excluding hydrogens is 436 g/mol. The summed E-state index contributed by atoms with van der Waals surface area (Å²) < 4.78 is 48.6. The van der Waals surface area contributed by atoms with Gasteiger partial charge in [0.2, 0.25) is 0 Å². The lowest BCUT2D eigenvalue weighted by Gasteiger charge is -2.22. The van der Waals surface area contributed by atoms with E-state index in [1.807, 2.05) is 0 Å². The Labute approximate surface area is 163 Å². The summed E-state index contributed by atoms with van der Waals surface area (Å²) in [5.74, 6) is 0.0609. The van der Waals surface area contributed by atoms with Gasteiger partial charge >= 0.3 is 15.6 Å². The lowest BCUT2D eigenvalue weighted by atomic mass is 10.1. The number of hydrogen-bond donors (Lipinski definition) is 4. The van der Waals surface area contributed by atoms with Gasteiger partial charge in [-0.15, -0.1) is 0 Å². The molecule has 1 aliphatic rings. The van der Waals surface area contributed by atoms with Crippen molar-refractivity contribution in [2.24, 2.45) is 0 Å². The molecule has 161 valence electrons. The van der Waals surface area contributed by atoms with E-state index in [4.69, 9.17) is 19.5 Å². The van der Waals surface area contributed by atoms with Crippen molar-refractivity contribution < 1.29 is 46.9 Å². The highest BCUT2D eigenvalue weighted by atomic mass is 31.2. The van der Waals surface area contributed by atoms with E-state index in [9.17, 15) is 24.0 Å². The average molecular weight is 454 g/mol. The number of imidazole rings is 1. The van der Waals surface area contributed by atoms with Crippen LogP contribution in [0.1, 0.15) is 6.23 Å². The van der Waals surface area contributed by atoms with Crippen LogP contribution in [0.2, 0.25) is 0 Å². The van der Waals surface area contributed by atoms with Gasteiger partial charge in [-0.2, -0.15) is 0 Å². The number of fused-ring (bicyclic) bond motifs is 1. The quantitative estimate of drug-likeness (QED) is 0.366. The molecule has 3 heterocycles. The van der Waals surface area contributed by atoms with Crippen LogP contribution in [-0.4, -0.2) is 73.6 Å². The Morgan fingerprint density at radius 2 is 1.97 bits per heavy atom. The molecule has 2 aromatic heterocycles. The molecule has 1 saturated heterocycles. The molecule has 6 atom stereocenters. The molecule has 0 amide bonds. The molecule has 5 N–H and O–H groups in total. The number of nitrogens with two attached hydrogens (primary N) is 1. The second-order valence-corrected chi connectivity index (χ2v) is 8.81. The van der Waals surface area contributed by atoms with Crippen LogP contribution < -0.4 is 5.73 Å². The number of nitrogens with zero attached hydrogens (tertiary/aromatic N) is 4. The first-order valence-corrected chi connectivity index (χ1v) is 10.9. The van der Waals surface area contributed by atoms with Crippen molar-refractivity contribution >= 4 is 32.6 Å². The maximum atomic E-state index is 11.8. The average Bonchev–Trinajstić information content (AvgIpc) is 3.23. The fourth-order valence-corrected chi connectivity index (χ4v) is 3.70. The second kappa shape index (κ2) is 8.32. The number of aliphatic hydroxyl groups is 1. The summed E-state index contributed by atoms with van der Waals surface area (Å²) in [5.41, 5.74) is 6.06. The number of aliphatic hydroxyl groups excluding tert-OH is 1.